The standard InChI is InChI=1S/C14H16ClF3N2O3.ClH/c1-8(6-19)20(12(21)13(22)23-2)7-9-4-3-5-10(11(9)15)14(16,17)18;/h3-5,8H,6-7,19H2,1-2H3;1H. The molecule has 10 heteroatoms. The first-order valence-corrected chi connectivity index (χ1v) is 6.94. The number of nitrogens with zero attached hydrogens (tertiary/aromatic N) is 1. The summed E-state index contributed by atoms with van der Waals surface area (Å²) < 4.78 is 43.0. The highest BCUT2D eigenvalue weighted by Gasteiger charge is 2.35. The quantitative estimate of drug-likeness (QED) is 0.635. The number of ether oxygens (including phenoxy) is 1. The maximum atomic E-state index is 12.9. The zero-order valence-electron chi connectivity index (χ0n) is 12.9. The molecule has 136 valence electrons. The van der Waals surface area contributed by atoms with E-state index in [0.717, 1.165) is 18.1 Å². The van der Waals surface area contributed by atoms with Gasteiger partial charge in [0.2, 0.25) is 0 Å². The SMILES string of the molecule is COC(=O)C(=O)N(Cc1cccc(C(F)(F)F)c1Cl)C(C)CN.Cl. The number of esters is 1. The molecule has 0 fully saturated rings. The van der Waals surface area contributed by atoms with Crippen molar-refractivity contribution >= 4 is 35.9 Å². The molecule has 5 nitrogen and oxygen atoms in total. The van der Waals surface area contributed by atoms with Crippen LogP contribution >= 0.6 is 24.0 Å². The molecule has 0 saturated carbocycles. The molecule has 0 aromatic heterocycles. The van der Waals surface area contributed by atoms with E-state index in [-0.39, 0.29) is 31.1 Å². The highest BCUT2D eigenvalue weighted by molar-refractivity contribution is 6.33. The second-order valence-corrected chi connectivity index (χ2v) is 5.16. The number of hydrogen-bond acceptors (Lipinski definition) is 4. The molecule has 0 aliphatic heterocycles. The van der Waals surface area contributed by atoms with Gasteiger partial charge in [0, 0.05) is 19.1 Å². The smallest absolute Gasteiger partial charge is 0.417 e. The second kappa shape index (κ2) is 9.10. The lowest BCUT2D eigenvalue weighted by molar-refractivity contribution is -0.159. The molecule has 0 saturated heterocycles. The zero-order valence-corrected chi connectivity index (χ0v) is 14.5. The van der Waals surface area contributed by atoms with E-state index < -0.39 is 34.7 Å². The lowest BCUT2D eigenvalue weighted by Crippen LogP contribution is -2.45. The second-order valence-electron chi connectivity index (χ2n) is 4.79. The first kappa shape index (κ1) is 22.5. The van der Waals surface area contributed by atoms with Gasteiger partial charge in [-0.05, 0) is 18.6 Å². The first-order valence-electron chi connectivity index (χ1n) is 6.57. The van der Waals surface area contributed by atoms with Crippen molar-refractivity contribution in [3.05, 3.63) is 34.3 Å². The van der Waals surface area contributed by atoms with E-state index in [4.69, 9.17) is 17.3 Å². The number of alkyl halides is 3. The maximum absolute atomic E-state index is 12.9. The van der Waals surface area contributed by atoms with Gasteiger partial charge in [-0.15, -0.1) is 12.4 Å². The van der Waals surface area contributed by atoms with Gasteiger partial charge in [0.15, 0.2) is 0 Å². The van der Waals surface area contributed by atoms with Crippen LogP contribution < -0.4 is 5.73 Å². The van der Waals surface area contributed by atoms with E-state index in [1.165, 1.54) is 12.1 Å². The molecule has 1 unspecified atom stereocenters. The van der Waals surface area contributed by atoms with Crippen LogP contribution in [0.2, 0.25) is 5.02 Å². The van der Waals surface area contributed by atoms with Crippen molar-refractivity contribution < 1.29 is 27.5 Å². The number of benzene rings is 1. The molecule has 1 atom stereocenters. The zero-order chi connectivity index (χ0) is 17.8. The number of amides is 1. The van der Waals surface area contributed by atoms with Crippen molar-refractivity contribution in [1.29, 1.82) is 0 Å². The van der Waals surface area contributed by atoms with Crippen LogP contribution in [0, 0.1) is 0 Å². The van der Waals surface area contributed by atoms with Crippen molar-refractivity contribution in [1.82, 2.24) is 4.90 Å². The summed E-state index contributed by atoms with van der Waals surface area (Å²) in [5.74, 6) is -2.13. The van der Waals surface area contributed by atoms with E-state index >= 15 is 0 Å². The van der Waals surface area contributed by atoms with Crippen molar-refractivity contribution in [3.63, 3.8) is 0 Å². The van der Waals surface area contributed by atoms with Crippen molar-refractivity contribution in [2.24, 2.45) is 5.73 Å². The summed E-state index contributed by atoms with van der Waals surface area (Å²) in [7, 11) is 1.03. The van der Waals surface area contributed by atoms with Crippen LogP contribution in [0.5, 0.6) is 0 Å². The van der Waals surface area contributed by atoms with Crippen LogP contribution in [0.15, 0.2) is 18.2 Å². The normalized spacial score (nSPS) is 12.1. The summed E-state index contributed by atoms with van der Waals surface area (Å²) in [5.41, 5.74) is 4.53. The summed E-state index contributed by atoms with van der Waals surface area (Å²) in [4.78, 5) is 24.4. The molecule has 0 bridgehead atoms. The van der Waals surface area contributed by atoms with E-state index in [2.05, 4.69) is 4.74 Å². The third-order valence-corrected chi connectivity index (χ3v) is 3.67. The van der Waals surface area contributed by atoms with Gasteiger partial charge in [-0.1, -0.05) is 23.7 Å². The van der Waals surface area contributed by atoms with Crippen molar-refractivity contribution in [2.75, 3.05) is 13.7 Å². The molecule has 0 spiro atoms. The summed E-state index contributed by atoms with van der Waals surface area (Å²) in [6.45, 7) is 1.27. The molecule has 1 aromatic carbocycles. The molecule has 1 rings (SSSR count). The number of nitrogens with two attached hydrogens (primary N) is 1. The van der Waals surface area contributed by atoms with E-state index in [1.807, 2.05) is 0 Å². The molecular weight excluding hydrogens is 372 g/mol. The van der Waals surface area contributed by atoms with Gasteiger partial charge >= 0.3 is 18.1 Å². The summed E-state index contributed by atoms with van der Waals surface area (Å²) in [6.07, 6.45) is -4.62. The average molecular weight is 389 g/mol. The Morgan fingerprint density at radius 3 is 2.42 bits per heavy atom. The topological polar surface area (TPSA) is 72.6 Å². The predicted molar refractivity (Wildman–Crippen MR) is 84.8 cm³/mol. The Kier molecular flexibility index (Phi) is 8.53. The summed E-state index contributed by atoms with van der Waals surface area (Å²) >= 11 is 5.80. The molecular formula is C14H17Cl2F3N2O3. The summed E-state index contributed by atoms with van der Waals surface area (Å²) in [6, 6.07) is 2.77. The maximum Gasteiger partial charge on any atom is 0.417 e. The lowest BCUT2D eigenvalue weighted by atomic mass is 10.1. The Hall–Kier alpha value is -1.51. The number of methoxy groups -OCH3 is 1. The van der Waals surface area contributed by atoms with Gasteiger partial charge in [0.05, 0.1) is 17.7 Å². The molecule has 1 aromatic rings. The van der Waals surface area contributed by atoms with Gasteiger partial charge in [0.1, 0.15) is 0 Å². The number of rotatable bonds is 4. The lowest BCUT2D eigenvalue weighted by Gasteiger charge is -2.28. The molecule has 0 aliphatic rings. The van der Waals surface area contributed by atoms with Gasteiger partial charge < -0.3 is 15.4 Å². The van der Waals surface area contributed by atoms with Crippen LogP contribution in [-0.2, 0) is 27.0 Å². The molecule has 2 N–H and O–H groups in total. The largest absolute Gasteiger partial charge is 0.462 e. The third-order valence-electron chi connectivity index (χ3n) is 3.22. The van der Waals surface area contributed by atoms with Gasteiger partial charge in [0.25, 0.3) is 0 Å². The predicted octanol–water partition coefficient (Wildman–Crippen LogP) is 2.63. The van der Waals surface area contributed by atoms with Crippen LogP contribution in [0.4, 0.5) is 13.2 Å². The van der Waals surface area contributed by atoms with Crippen molar-refractivity contribution in [3.8, 4) is 0 Å². The van der Waals surface area contributed by atoms with Crippen LogP contribution in [-0.4, -0.2) is 36.5 Å². The Morgan fingerprint density at radius 2 is 1.96 bits per heavy atom. The van der Waals surface area contributed by atoms with E-state index in [9.17, 15) is 22.8 Å². The molecule has 0 radical (unpaired) electrons. The monoisotopic (exact) mass is 388 g/mol. The highest BCUT2D eigenvalue weighted by Crippen LogP contribution is 2.36. The fraction of sp³-hybridized carbons (Fsp3) is 0.429. The first-order chi connectivity index (χ1) is 10.6. The van der Waals surface area contributed by atoms with Gasteiger partial charge in [-0.25, -0.2) is 4.79 Å². The van der Waals surface area contributed by atoms with Crippen LogP contribution in [0.1, 0.15) is 18.1 Å². The minimum Gasteiger partial charge on any atom is -0.462 e. The van der Waals surface area contributed by atoms with Gasteiger partial charge in [-0.2, -0.15) is 13.2 Å². The fourth-order valence-corrected chi connectivity index (χ4v) is 2.16. The number of halogens is 5. The Morgan fingerprint density at radius 1 is 1.38 bits per heavy atom. The van der Waals surface area contributed by atoms with E-state index in [0.29, 0.717) is 0 Å². The Bertz CT molecular complexity index is 597. The highest BCUT2D eigenvalue weighted by atomic mass is 35.5. The third kappa shape index (κ3) is 5.25. The summed E-state index contributed by atoms with van der Waals surface area (Å²) in [5, 5.41) is -0.521. The molecule has 0 aliphatic carbocycles. The minimum atomic E-state index is -4.62. The fourth-order valence-electron chi connectivity index (χ4n) is 1.86. The van der Waals surface area contributed by atoms with Crippen LogP contribution in [0.25, 0.3) is 0 Å². The number of carbonyl (C=O) groups excluding carboxylic acids is 2. The van der Waals surface area contributed by atoms with E-state index in [1.54, 1.807) is 6.92 Å². The molecule has 24 heavy (non-hydrogen) atoms. The van der Waals surface area contributed by atoms with Gasteiger partial charge in [-0.3, -0.25) is 4.79 Å². The minimum absolute atomic E-state index is 0. The van der Waals surface area contributed by atoms with Crippen molar-refractivity contribution in [2.45, 2.75) is 25.7 Å². The molecule has 0 heterocycles. The Labute approximate surface area is 148 Å². The number of hydrogen-bond donors (Lipinski definition) is 1. The van der Waals surface area contributed by atoms with Crippen LogP contribution in [0.3, 0.4) is 0 Å². The molecule has 1 amide bonds. The average Bonchev–Trinajstić information content (AvgIpc) is 2.50. The number of carbonyl (C=O) groups is 2. The Balaban J connectivity index is 0.00000529.